The molecule has 0 saturated heterocycles. The summed E-state index contributed by atoms with van der Waals surface area (Å²) in [4.78, 5) is 15.1. The van der Waals surface area contributed by atoms with Crippen LogP contribution in [0.1, 0.15) is 32.6 Å². The highest BCUT2D eigenvalue weighted by atomic mass is 19.1. The number of hydrogen-bond donors (Lipinski definition) is 0. The van der Waals surface area contributed by atoms with Gasteiger partial charge in [0, 0.05) is 19.2 Å². The molecule has 8 heteroatoms. The van der Waals surface area contributed by atoms with Crippen molar-refractivity contribution in [2.75, 3.05) is 0 Å². The summed E-state index contributed by atoms with van der Waals surface area (Å²) in [7, 11) is 0. The zero-order valence-corrected chi connectivity index (χ0v) is 21.3. The van der Waals surface area contributed by atoms with Crippen molar-refractivity contribution in [3.05, 3.63) is 137 Å². The third-order valence-electron chi connectivity index (χ3n) is 6.67. The molecule has 5 aromatic rings. The highest BCUT2D eigenvalue weighted by molar-refractivity contribution is 6.01. The zero-order chi connectivity index (χ0) is 27.5. The van der Waals surface area contributed by atoms with Crippen LogP contribution in [0.3, 0.4) is 0 Å². The number of para-hydroxylation sites is 1. The van der Waals surface area contributed by atoms with E-state index in [1.807, 2.05) is 72.8 Å². The molecule has 0 N–H and O–H groups in total. The summed E-state index contributed by atoms with van der Waals surface area (Å²) in [5.74, 6) is -0.212. The predicted molar refractivity (Wildman–Crippen MR) is 146 cm³/mol. The van der Waals surface area contributed by atoms with Crippen LogP contribution >= 0.6 is 0 Å². The molecule has 6 rings (SSSR count). The van der Waals surface area contributed by atoms with Gasteiger partial charge in [-0.15, -0.1) is 0 Å². The van der Waals surface area contributed by atoms with Gasteiger partial charge in [-0.05, 0) is 47.0 Å². The van der Waals surface area contributed by atoms with E-state index in [0.29, 0.717) is 31.1 Å². The summed E-state index contributed by atoms with van der Waals surface area (Å²) in [5, 5.41) is 13.8. The van der Waals surface area contributed by atoms with Crippen LogP contribution in [0.15, 0.2) is 103 Å². The Morgan fingerprint density at radius 3 is 2.50 bits per heavy atom. The van der Waals surface area contributed by atoms with Crippen molar-refractivity contribution in [1.82, 2.24) is 14.7 Å². The SMILES string of the molecule is N#Cc1cccc(F)c1Oc1cccc2c1C(=O)N(Cc1ccc(-n3nccc3OCc3ccccc3)cc1)C2. The minimum Gasteiger partial charge on any atom is -0.473 e. The van der Waals surface area contributed by atoms with Gasteiger partial charge in [-0.2, -0.15) is 10.4 Å². The molecule has 0 bridgehead atoms. The monoisotopic (exact) mass is 530 g/mol. The van der Waals surface area contributed by atoms with Crippen LogP contribution in [-0.4, -0.2) is 20.6 Å². The summed E-state index contributed by atoms with van der Waals surface area (Å²) in [6.45, 7) is 1.21. The van der Waals surface area contributed by atoms with Crippen molar-refractivity contribution >= 4 is 5.91 Å². The molecule has 40 heavy (non-hydrogen) atoms. The lowest BCUT2D eigenvalue weighted by Gasteiger charge is -2.16. The second-order valence-corrected chi connectivity index (χ2v) is 9.30. The maximum atomic E-state index is 14.4. The first-order valence-electron chi connectivity index (χ1n) is 12.7. The number of ether oxygens (including phenoxy) is 2. The average molecular weight is 531 g/mol. The van der Waals surface area contributed by atoms with Crippen molar-refractivity contribution in [3.8, 4) is 29.1 Å². The number of halogens is 1. The van der Waals surface area contributed by atoms with E-state index in [1.165, 1.54) is 18.2 Å². The lowest BCUT2D eigenvalue weighted by atomic mass is 10.1. The van der Waals surface area contributed by atoms with Crippen LogP contribution in [0.5, 0.6) is 17.4 Å². The van der Waals surface area contributed by atoms with Gasteiger partial charge in [0.2, 0.25) is 5.88 Å². The number of carbonyl (C=O) groups is 1. The fourth-order valence-electron chi connectivity index (χ4n) is 4.70. The maximum absolute atomic E-state index is 14.4. The number of nitriles is 1. The third kappa shape index (κ3) is 4.88. The molecule has 1 aliphatic rings. The molecule has 7 nitrogen and oxygen atoms in total. The van der Waals surface area contributed by atoms with E-state index in [9.17, 15) is 14.4 Å². The fraction of sp³-hybridized carbons (Fsp3) is 0.0938. The normalized spacial score (nSPS) is 12.2. The lowest BCUT2D eigenvalue weighted by Crippen LogP contribution is -2.23. The number of carbonyl (C=O) groups excluding carboxylic acids is 1. The molecular formula is C32H23FN4O3. The standard InChI is InChI=1S/C32H23FN4O3/c33-27-10-4-8-24(18-34)31(27)40-28-11-5-9-25-20-36(32(38)30(25)28)19-22-12-14-26(15-13-22)37-29(16-17-35-37)39-21-23-6-2-1-3-7-23/h1-17H,19-21H2. The van der Waals surface area contributed by atoms with E-state index in [2.05, 4.69) is 5.10 Å². The van der Waals surface area contributed by atoms with Crippen LogP contribution in [0.2, 0.25) is 0 Å². The fourth-order valence-corrected chi connectivity index (χ4v) is 4.70. The first-order chi connectivity index (χ1) is 19.6. The van der Waals surface area contributed by atoms with Gasteiger partial charge in [0.25, 0.3) is 5.91 Å². The van der Waals surface area contributed by atoms with Crippen molar-refractivity contribution in [1.29, 1.82) is 5.26 Å². The first-order valence-corrected chi connectivity index (χ1v) is 12.7. The summed E-state index contributed by atoms with van der Waals surface area (Å²) in [6, 6.07) is 30.8. The summed E-state index contributed by atoms with van der Waals surface area (Å²) in [6.07, 6.45) is 1.69. The van der Waals surface area contributed by atoms with Gasteiger partial charge in [0.15, 0.2) is 11.6 Å². The molecular weight excluding hydrogens is 507 g/mol. The van der Waals surface area contributed by atoms with Crippen LogP contribution in [0.25, 0.3) is 5.69 Å². The molecule has 1 amide bonds. The van der Waals surface area contributed by atoms with Crippen molar-refractivity contribution in [2.45, 2.75) is 19.7 Å². The molecule has 2 heterocycles. The van der Waals surface area contributed by atoms with Gasteiger partial charge >= 0.3 is 0 Å². The zero-order valence-electron chi connectivity index (χ0n) is 21.3. The molecule has 0 unspecified atom stereocenters. The Bertz CT molecular complexity index is 1730. The number of amides is 1. The Labute approximate surface area is 230 Å². The molecule has 0 saturated carbocycles. The van der Waals surface area contributed by atoms with Crippen molar-refractivity contribution < 1.29 is 18.7 Å². The summed E-state index contributed by atoms with van der Waals surface area (Å²) < 4.78 is 27.9. The van der Waals surface area contributed by atoms with E-state index in [1.54, 1.807) is 27.9 Å². The molecule has 0 atom stereocenters. The van der Waals surface area contributed by atoms with E-state index in [4.69, 9.17) is 9.47 Å². The number of benzene rings is 4. The highest BCUT2D eigenvalue weighted by Crippen LogP contribution is 2.36. The first kappa shape index (κ1) is 24.9. The Morgan fingerprint density at radius 1 is 0.900 bits per heavy atom. The molecule has 1 aromatic heterocycles. The van der Waals surface area contributed by atoms with Gasteiger partial charge in [-0.25, -0.2) is 9.07 Å². The second kappa shape index (κ2) is 10.8. The number of fused-ring (bicyclic) bond motifs is 1. The second-order valence-electron chi connectivity index (χ2n) is 9.30. The minimum atomic E-state index is -0.662. The molecule has 0 fully saturated rings. The maximum Gasteiger partial charge on any atom is 0.258 e. The molecule has 0 spiro atoms. The topological polar surface area (TPSA) is 80.4 Å². The average Bonchev–Trinajstić information content (AvgIpc) is 3.58. The quantitative estimate of drug-likeness (QED) is 0.232. The lowest BCUT2D eigenvalue weighted by molar-refractivity contribution is 0.0764. The van der Waals surface area contributed by atoms with Crippen LogP contribution in [-0.2, 0) is 19.7 Å². The van der Waals surface area contributed by atoms with Gasteiger partial charge in [-0.1, -0.05) is 60.7 Å². The molecule has 4 aromatic carbocycles. The van der Waals surface area contributed by atoms with Gasteiger partial charge in [-0.3, -0.25) is 4.79 Å². The number of aromatic nitrogens is 2. The highest BCUT2D eigenvalue weighted by Gasteiger charge is 2.31. The van der Waals surface area contributed by atoms with Crippen molar-refractivity contribution in [2.24, 2.45) is 0 Å². The molecule has 0 radical (unpaired) electrons. The van der Waals surface area contributed by atoms with Gasteiger partial charge < -0.3 is 14.4 Å². The van der Waals surface area contributed by atoms with Gasteiger partial charge in [0.1, 0.15) is 18.4 Å². The molecule has 0 aliphatic carbocycles. The Hall–Kier alpha value is -5.42. The number of hydrogen-bond acceptors (Lipinski definition) is 5. The summed E-state index contributed by atoms with van der Waals surface area (Å²) in [5.41, 5.74) is 4.06. The Morgan fingerprint density at radius 2 is 1.70 bits per heavy atom. The largest absolute Gasteiger partial charge is 0.473 e. The predicted octanol–water partition coefficient (Wildman–Crippen LogP) is 6.41. The van der Waals surface area contributed by atoms with E-state index in [0.717, 1.165) is 22.4 Å². The Kier molecular flexibility index (Phi) is 6.69. The summed E-state index contributed by atoms with van der Waals surface area (Å²) >= 11 is 0. The van der Waals surface area contributed by atoms with Crippen LogP contribution in [0, 0.1) is 17.1 Å². The Balaban J connectivity index is 1.16. The van der Waals surface area contributed by atoms with Crippen LogP contribution in [0.4, 0.5) is 4.39 Å². The van der Waals surface area contributed by atoms with E-state index < -0.39 is 5.82 Å². The molecule has 1 aliphatic heterocycles. The van der Waals surface area contributed by atoms with E-state index >= 15 is 0 Å². The third-order valence-corrected chi connectivity index (χ3v) is 6.67. The smallest absolute Gasteiger partial charge is 0.258 e. The van der Waals surface area contributed by atoms with E-state index in [-0.39, 0.29) is 23.0 Å². The number of nitrogens with zero attached hydrogens (tertiary/aromatic N) is 4. The van der Waals surface area contributed by atoms with Gasteiger partial charge in [0.05, 0.1) is 23.0 Å². The van der Waals surface area contributed by atoms with Crippen molar-refractivity contribution in [3.63, 3.8) is 0 Å². The molecule has 196 valence electrons. The minimum absolute atomic E-state index is 0.0609. The number of rotatable bonds is 8. The van der Waals surface area contributed by atoms with Crippen LogP contribution < -0.4 is 9.47 Å².